The van der Waals surface area contributed by atoms with E-state index in [0.29, 0.717) is 12.8 Å². The van der Waals surface area contributed by atoms with Crippen LogP contribution in [0, 0.1) is 11.3 Å². The number of rotatable bonds is 9. The molecule has 5 N–H and O–H groups in total. The lowest BCUT2D eigenvalue weighted by Gasteiger charge is -2.36. The molecule has 1 saturated heterocycles. The molecule has 1 heterocycles. The standard InChI is InChI=1S/C26H43N5O5/c1-14(2)17-12-19(23(34)29-18(20(32)22(27)33)11-16-9-8-10-16)31(13-17)24(35)21(26(5,6)7)30-25(36)28-15(3)4/h15-16,18-19,21H,8-13H2,1-7H3,(H2,27,33)(H,29,34)(H2,28,30,36)/t18?,19?,21-/m1/s1. The van der Waals surface area contributed by atoms with Gasteiger partial charge in [-0.1, -0.05) is 45.6 Å². The highest BCUT2D eigenvalue weighted by Gasteiger charge is 2.44. The zero-order chi connectivity index (χ0) is 27.4. The van der Waals surface area contributed by atoms with Crippen molar-refractivity contribution < 1.29 is 24.0 Å². The van der Waals surface area contributed by atoms with Gasteiger partial charge in [-0.2, -0.15) is 0 Å². The molecular formula is C26H43N5O5. The van der Waals surface area contributed by atoms with Crippen LogP contribution >= 0.6 is 0 Å². The van der Waals surface area contributed by atoms with Crippen molar-refractivity contribution in [3.05, 3.63) is 11.1 Å². The average molecular weight is 506 g/mol. The number of carbonyl (C=O) groups excluding carboxylic acids is 5. The monoisotopic (exact) mass is 505 g/mol. The average Bonchev–Trinajstić information content (AvgIpc) is 3.17. The van der Waals surface area contributed by atoms with Gasteiger partial charge in [0.2, 0.25) is 17.6 Å². The minimum Gasteiger partial charge on any atom is -0.363 e. The third kappa shape index (κ3) is 7.54. The van der Waals surface area contributed by atoms with E-state index >= 15 is 0 Å². The number of hydrogen-bond donors (Lipinski definition) is 4. The van der Waals surface area contributed by atoms with E-state index in [-0.39, 0.29) is 24.4 Å². The highest BCUT2D eigenvalue weighted by atomic mass is 16.2. The maximum atomic E-state index is 13.8. The molecule has 0 bridgehead atoms. The van der Waals surface area contributed by atoms with Gasteiger partial charge in [-0.3, -0.25) is 19.2 Å². The second-order valence-corrected chi connectivity index (χ2v) is 11.7. The summed E-state index contributed by atoms with van der Waals surface area (Å²) in [7, 11) is 0. The van der Waals surface area contributed by atoms with E-state index in [1.54, 1.807) is 0 Å². The number of carbonyl (C=O) groups is 5. The SMILES string of the molecule is CC(C)=C1CC(C(=O)NC(CC2CCC2)C(=O)C(N)=O)N(C(=O)[C@@H](NC(=O)NC(C)C)C(C)(C)C)C1. The lowest BCUT2D eigenvalue weighted by atomic mass is 9.80. The van der Waals surface area contributed by atoms with Crippen LogP contribution in [0.3, 0.4) is 0 Å². The van der Waals surface area contributed by atoms with E-state index in [9.17, 15) is 24.0 Å². The molecular weight excluding hydrogens is 462 g/mol. The molecule has 0 radical (unpaired) electrons. The number of primary amides is 1. The molecule has 0 spiro atoms. The predicted molar refractivity (Wildman–Crippen MR) is 137 cm³/mol. The van der Waals surface area contributed by atoms with Crippen molar-refractivity contribution in [1.82, 2.24) is 20.9 Å². The zero-order valence-corrected chi connectivity index (χ0v) is 22.7. The number of nitrogens with two attached hydrogens (primary N) is 1. The Labute approximate surface area is 214 Å². The molecule has 5 amide bonds. The van der Waals surface area contributed by atoms with Gasteiger partial charge in [-0.15, -0.1) is 0 Å². The summed E-state index contributed by atoms with van der Waals surface area (Å²) in [6.45, 7) is 13.3. The lowest BCUT2D eigenvalue weighted by molar-refractivity contribution is -0.143. The highest BCUT2D eigenvalue weighted by Crippen LogP contribution is 2.32. The van der Waals surface area contributed by atoms with Crippen molar-refractivity contribution in [3.63, 3.8) is 0 Å². The number of amides is 5. The molecule has 10 nitrogen and oxygen atoms in total. The zero-order valence-electron chi connectivity index (χ0n) is 22.7. The molecule has 36 heavy (non-hydrogen) atoms. The summed E-state index contributed by atoms with van der Waals surface area (Å²) in [5, 5.41) is 8.24. The Morgan fingerprint density at radius 3 is 2.08 bits per heavy atom. The number of hydrogen-bond acceptors (Lipinski definition) is 5. The van der Waals surface area contributed by atoms with Crippen LogP contribution in [-0.4, -0.2) is 65.1 Å². The molecule has 1 aliphatic carbocycles. The Balaban J connectivity index is 2.31. The third-order valence-corrected chi connectivity index (χ3v) is 6.95. The van der Waals surface area contributed by atoms with Crippen LogP contribution in [-0.2, 0) is 19.2 Å². The molecule has 2 unspecified atom stereocenters. The fourth-order valence-electron chi connectivity index (χ4n) is 4.53. The Morgan fingerprint density at radius 2 is 1.64 bits per heavy atom. The molecule has 0 aromatic heterocycles. The summed E-state index contributed by atoms with van der Waals surface area (Å²) >= 11 is 0. The van der Waals surface area contributed by atoms with Crippen LogP contribution in [0.15, 0.2) is 11.1 Å². The Kier molecular flexibility index (Phi) is 9.68. The first kappa shape index (κ1) is 29.3. The van der Waals surface area contributed by atoms with Gasteiger partial charge in [0.15, 0.2) is 0 Å². The summed E-state index contributed by atoms with van der Waals surface area (Å²) in [5.74, 6) is -2.54. The number of ketones is 1. The summed E-state index contributed by atoms with van der Waals surface area (Å²) < 4.78 is 0. The summed E-state index contributed by atoms with van der Waals surface area (Å²) in [6, 6.07) is -3.35. The van der Waals surface area contributed by atoms with Gasteiger partial charge in [0.1, 0.15) is 12.1 Å². The van der Waals surface area contributed by atoms with Crippen LogP contribution in [0.2, 0.25) is 0 Å². The second kappa shape index (κ2) is 11.9. The van der Waals surface area contributed by atoms with E-state index in [1.807, 2.05) is 48.5 Å². The number of allylic oxidation sites excluding steroid dienone is 1. The smallest absolute Gasteiger partial charge is 0.315 e. The van der Waals surface area contributed by atoms with Crippen molar-refractivity contribution in [1.29, 1.82) is 0 Å². The quantitative estimate of drug-likeness (QED) is 0.278. The van der Waals surface area contributed by atoms with Crippen molar-refractivity contribution >= 4 is 29.5 Å². The van der Waals surface area contributed by atoms with Gasteiger partial charge in [0.05, 0.1) is 6.04 Å². The highest BCUT2D eigenvalue weighted by molar-refractivity contribution is 6.37. The van der Waals surface area contributed by atoms with E-state index in [4.69, 9.17) is 5.73 Å². The van der Waals surface area contributed by atoms with Crippen LogP contribution in [0.1, 0.15) is 80.6 Å². The number of Topliss-reactive ketones (excluding diaryl/α,β-unsaturated/α-hetero) is 1. The molecule has 202 valence electrons. The first-order chi connectivity index (χ1) is 16.6. The van der Waals surface area contributed by atoms with Crippen molar-refractivity contribution in [3.8, 4) is 0 Å². The molecule has 0 aromatic rings. The number of nitrogens with zero attached hydrogens (tertiary/aromatic N) is 1. The van der Waals surface area contributed by atoms with Crippen LogP contribution in [0.5, 0.6) is 0 Å². The van der Waals surface area contributed by atoms with Gasteiger partial charge in [-0.05, 0) is 57.4 Å². The fourth-order valence-corrected chi connectivity index (χ4v) is 4.53. The fraction of sp³-hybridized carbons (Fsp3) is 0.731. The topological polar surface area (TPSA) is 151 Å². The normalized spacial score (nSPS) is 19.8. The molecule has 1 saturated carbocycles. The Bertz CT molecular complexity index is 912. The Morgan fingerprint density at radius 1 is 1.03 bits per heavy atom. The molecule has 3 atom stereocenters. The minimum atomic E-state index is -1.09. The Hall–Kier alpha value is -2.91. The van der Waals surface area contributed by atoms with Gasteiger partial charge in [0, 0.05) is 12.6 Å². The van der Waals surface area contributed by atoms with Gasteiger partial charge in [-0.25, -0.2) is 4.79 Å². The predicted octanol–water partition coefficient (Wildman–Crippen LogP) is 1.78. The second-order valence-electron chi connectivity index (χ2n) is 11.7. The third-order valence-electron chi connectivity index (χ3n) is 6.95. The largest absolute Gasteiger partial charge is 0.363 e. The molecule has 2 aliphatic rings. The van der Waals surface area contributed by atoms with Crippen LogP contribution in [0.25, 0.3) is 0 Å². The first-order valence-corrected chi connectivity index (χ1v) is 12.8. The summed E-state index contributed by atoms with van der Waals surface area (Å²) in [6.07, 6.45) is 3.59. The van der Waals surface area contributed by atoms with Gasteiger partial charge in [0.25, 0.3) is 5.91 Å². The molecule has 0 aromatic carbocycles. The van der Waals surface area contributed by atoms with E-state index < -0.39 is 47.2 Å². The van der Waals surface area contributed by atoms with Crippen LogP contribution < -0.4 is 21.7 Å². The molecule has 2 fully saturated rings. The number of urea groups is 1. The lowest BCUT2D eigenvalue weighted by Crippen LogP contribution is -2.60. The van der Waals surface area contributed by atoms with Crippen molar-refractivity contribution in [2.45, 2.75) is 105 Å². The molecule has 10 heteroatoms. The number of likely N-dealkylation sites (tertiary alicyclic amines) is 1. The van der Waals surface area contributed by atoms with Gasteiger partial charge < -0.3 is 26.6 Å². The van der Waals surface area contributed by atoms with Crippen molar-refractivity contribution in [2.24, 2.45) is 17.1 Å². The van der Waals surface area contributed by atoms with Gasteiger partial charge >= 0.3 is 6.03 Å². The summed E-state index contributed by atoms with van der Waals surface area (Å²) in [5.41, 5.74) is 6.56. The van der Waals surface area contributed by atoms with Crippen LogP contribution in [0.4, 0.5) is 4.79 Å². The van der Waals surface area contributed by atoms with E-state index in [0.717, 1.165) is 30.4 Å². The van der Waals surface area contributed by atoms with Crippen molar-refractivity contribution in [2.75, 3.05) is 6.54 Å². The van der Waals surface area contributed by atoms with E-state index in [1.165, 1.54) is 4.90 Å². The first-order valence-electron chi connectivity index (χ1n) is 12.8. The number of nitrogens with one attached hydrogen (secondary N) is 3. The molecule has 2 rings (SSSR count). The van der Waals surface area contributed by atoms with E-state index in [2.05, 4.69) is 16.0 Å². The maximum Gasteiger partial charge on any atom is 0.315 e. The minimum absolute atomic E-state index is 0.112. The molecule has 1 aliphatic heterocycles. The maximum absolute atomic E-state index is 13.8. The summed E-state index contributed by atoms with van der Waals surface area (Å²) in [4.78, 5) is 65.3.